The first kappa shape index (κ1) is 17.7. The zero-order valence-electron chi connectivity index (χ0n) is 16.5. The average molecular weight is 374 g/mol. The van der Waals surface area contributed by atoms with Gasteiger partial charge in [-0.2, -0.15) is 0 Å². The summed E-state index contributed by atoms with van der Waals surface area (Å²) in [5.74, 6) is 1.49. The highest BCUT2D eigenvalue weighted by Gasteiger charge is 2.25. The highest BCUT2D eigenvalue weighted by Crippen LogP contribution is 2.28. The van der Waals surface area contributed by atoms with E-state index in [0.29, 0.717) is 5.92 Å². The van der Waals surface area contributed by atoms with Gasteiger partial charge in [0.1, 0.15) is 5.82 Å². The summed E-state index contributed by atoms with van der Waals surface area (Å²) in [4.78, 5) is 19.2. The molecule has 1 atom stereocenters. The largest absolute Gasteiger partial charge is 0.302 e. The van der Waals surface area contributed by atoms with Crippen LogP contribution < -0.4 is 0 Å². The molecule has 4 heterocycles. The van der Waals surface area contributed by atoms with Gasteiger partial charge in [-0.05, 0) is 44.1 Å². The van der Waals surface area contributed by atoms with Crippen molar-refractivity contribution in [2.24, 2.45) is 0 Å². The van der Waals surface area contributed by atoms with Crippen molar-refractivity contribution in [3.63, 3.8) is 0 Å². The van der Waals surface area contributed by atoms with Crippen LogP contribution in [0.1, 0.15) is 41.4 Å². The van der Waals surface area contributed by atoms with E-state index in [9.17, 15) is 0 Å². The number of aromatic nitrogens is 3. The number of hydrogen-bond donors (Lipinski definition) is 0. The number of piperidine rings is 1. The van der Waals surface area contributed by atoms with Crippen molar-refractivity contribution in [3.05, 3.63) is 65.4 Å². The molecule has 1 aromatic carbocycles. The highest BCUT2D eigenvalue weighted by molar-refractivity contribution is 5.81. The van der Waals surface area contributed by atoms with Crippen molar-refractivity contribution in [2.45, 2.75) is 38.3 Å². The summed E-state index contributed by atoms with van der Waals surface area (Å²) in [6.07, 6.45) is 7.44. The number of pyridine rings is 1. The topological polar surface area (TPSA) is 45.2 Å². The molecular weight excluding hydrogens is 346 g/mol. The lowest BCUT2D eigenvalue weighted by Crippen LogP contribution is -2.35. The maximum atomic E-state index is 4.99. The minimum absolute atomic E-state index is 0.437. The lowest BCUT2D eigenvalue weighted by molar-refractivity contribution is 0.196. The second-order valence-electron chi connectivity index (χ2n) is 8.25. The zero-order chi connectivity index (χ0) is 18.9. The highest BCUT2D eigenvalue weighted by atomic mass is 15.1. The van der Waals surface area contributed by atoms with Crippen LogP contribution in [0.5, 0.6) is 0 Å². The van der Waals surface area contributed by atoms with Gasteiger partial charge in [0.2, 0.25) is 0 Å². The first-order valence-electron chi connectivity index (χ1n) is 10.3. The molecule has 5 rings (SSSR count). The molecule has 0 N–H and O–H groups in total. The summed E-state index contributed by atoms with van der Waals surface area (Å²) >= 11 is 0. The molecule has 3 aromatic rings. The fourth-order valence-corrected chi connectivity index (χ4v) is 4.61. The summed E-state index contributed by atoms with van der Waals surface area (Å²) in [6.45, 7) is 5.21. The van der Waals surface area contributed by atoms with Crippen molar-refractivity contribution in [1.82, 2.24) is 24.8 Å². The van der Waals surface area contributed by atoms with Crippen LogP contribution in [-0.2, 0) is 19.5 Å². The SMILES string of the molecule is CN1CCc2nc([C@H]3CCCN(Cc4ccnc5ccccc45)C3)ncc2C1. The van der Waals surface area contributed by atoms with E-state index < -0.39 is 0 Å². The first-order valence-corrected chi connectivity index (χ1v) is 10.3. The molecule has 2 aliphatic rings. The van der Waals surface area contributed by atoms with Crippen LogP contribution in [0.3, 0.4) is 0 Å². The van der Waals surface area contributed by atoms with Crippen LogP contribution in [-0.4, -0.2) is 51.4 Å². The molecule has 28 heavy (non-hydrogen) atoms. The molecule has 5 nitrogen and oxygen atoms in total. The number of likely N-dealkylation sites (tertiary alicyclic amines) is 1. The van der Waals surface area contributed by atoms with Crippen LogP contribution in [0.15, 0.2) is 42.7 Å². The molecule has 0 amide bonds. The molecular formula is C23H27N5. The van der Waals surface area contributed by atoms with Crippen LogP contribution in [0, 0.1) is 0 Å². The average Bonchev–Trinajstić information content (AvgIpc) is 2.74. The van der Waals surface area contributed by atoms with E-state index in [1.165, 1.54) is 35.0 Å². The van der Waals surface area contributed by atoms with E-state index in [-0.39, 0.29) is 0 Å². The van der Waals surface area contributed by atoms with Crippen molar-refractivity contribution in [2.75, 3.05) is 26.7 Å². The predicted octanol–water partition coefficient (Wildman–Crippen LogP) is 3.39. The molecule has 144 valence electrons. The number of benzene rings is 1. The summed E-state index contributed by atoms with van der Waals surface area (Å²) in [6, 6.07) is 10.6. The van der Waals surface area contributed by atoms with E-state index in [1.807, 2.05) is 6.20 Å². The molecule has 0 aliphatic carbocycles. The van der Waals surface area contributed by atoms with Gasteiger partial charge in [0, 0.05) is 67.6 Å². The summed E-state index contributed by atoms with van der Waals surface area (Å²) in [7, 11) is 2.17. The Bertz CT molecular complexity index is 980. The van der Waals surface area contributed by atoms with Crippen molar-refractivity contribution < 1.29 is 0 Å². The molecule has 0 spiro atoms. The van der Waals surface area contributed by atoms with E-state index in [4.69, 9.17) is 9.97 Å². The molecule has 0 saturated carbocycles. The van der Waals surface area contributed by atoms with Crippen molar-refractivity contribution >= 4 is 10.9 Å². The summed E-state index contributed by atoms with van der Waals surface area (Å²) in [5.41, 5.74) is 5.01. The first-order chi connectivity index (χ1) is 13.8. The van der Waals surface area contributed by atoms with Crippen molar-refractivity contribution in [1.29, 1.82) is 0 Å². The minimum atomic E-state index is 0.437. The maximum absolute atomic E-state index is 4.99. The fraction of sp³-hybridized carbons (Fsp3) is 0.435. The third-order valence-corrected chi connectivity index (χ3v) is 6.15. The Hall–Kier alpha value is -2.37. The van der Waals surface area contributed by atoms with Gasteiger partial charge >= 0.3 is 0 Å². The monoisotopic (exact) mass is 373 g/mol. The lowest BCUT2D eigenvalue weighted by atomic mass is 9.95. The number of para-hydroxylation sites is 1. The van der Waals surface area contributed by atoms with Gasteiger partial charge in [0.15, 0.2) is 0 Å². The molecule has 0 radical (unpaired) electrons. The standard InChI is InChI=1S/C23H27N5/c1-27-12-9-21-19(14-27)13-25-23(26-21)18-5-4-11-28(16-18)15-17-8-10-24-22-7-3-2-6-20(17)22/h2-3,6-8,10,13,18H,4-5,9,11-12,14-16H2,1H3/t18-/m0/s1. The number of rotatable bonds is 3. The molecule has 2 aliphatic heterocycles. The minimum Gasteiger partial charge on any atom is -0.302 e. The molecule has 0 unspecified atom stereocenters. The number of nitrogens with zero attached hydrogens (tertiary/aromatic N) is 5. The summed E-state index contributed by atoms with van der Waals surface area (Å²) < 4.78 is 0. The molecule has 0 bridgehead atoms. The van der Waals surface area contributed by atoms with E-state index >= 15 is 0 Å². The Balaban J connectivity index is 1.34. The third kappa shape index (κ3) is 3.52. The normalized spacial score (nSPS) is 21.0. The Morgan fingerprint density at radius 3 is 3.00 bits per heavy atom. The van der Waals surface area contributed by atoms with Gasteiger partial charge < -0.3 is 4.90 Å². The molecule has 2 aromatic heterocycles. The van der Waals surface area contributed by atoms with E-state index in [0.717, 1.165) is 50.5 Å². The summed E-state index contributed by atoms with van der Waals surface area (Å²) in [5, 5.41) is 1.27. The number of likely N-dealkylation sites (N-methyl/N-ethyl adjacent to an activating group) is 1. The lowest BCUT2D eigenvalue weighted by Gasteiger charge is -2.33. The zero-order valence-corrected chi connectivity index (χ0v) is 16.5. The number of hydrogen-bond acceptors (Lipinski definition) is 5. The number of fused-ring (bicyclic) bond motifs is 2. The molecule has 5 heteroatoms. The van der Waals surface area contributed by atoms with Crippen LogP contribution in [0.2, 0.25) is 0 Å². The third-order valence-electron chi connectivity index (χ3n) is 6.15. The van der Waals surface area contributed by atoms with Crippen LogP contribution in [0.25, 0.3) is 10.9 Å². The Kier molecular flexibility index (Phi) is 4.79. The van der Waals surface area contributed by atoms with E-state index in [1.54, 1.807) is 0 Å². The molecule has 1 saturated heterocycles. The Morgan fingerprint density at radius 1 is 1.11 bits per heavy atom. The van der Waals surface area contributed by atoms with Gasteiger partial charge in [-0.3, -0.25) is 9.88 Å². The van der Waals surface area contributed by atoms with Gasteiger partial charge in [-0.1, -0.05) is 18.2 Å². The van der Waals surface area contributed by atoms with Gasteiger partial charge in [0.25, 0.3) is 0 Å². The maximum Gasteiger partial charge on any atom is 0.132 e. The second-order valence-corrected chi connectivity index (χ2v) is 8.25. The van der Waals surface area contributed by atoms with Crippen LogP contribution >= 0.6 is 0 Å². The van der Waals surface area contributed by atoms with Gasteiger partial charge in [-0.15, -0.1) is 0 Å². The van der Waals surface area contributed by atoms with Gasteiger partial charge in [-0.25, -0.2) is 9.97 Å². The predicted molar refractivity (Wildman–Crippen MR) is 111 cm³/mol. The van der Waals surface area contributed by atoms with Crippen LogP contribution in [0.4, 0.5) is 0 Å². The Morgan fingerprint density at radius 2 is 2.04 bits per heavy atom. The fourth-order valence-electron chi connectivity index (χ4n) is 4.61. The Labute approximate surface area is 166 Å². The van der Waals surface area contributed by atoms with Gasteiger partial charge in [0.05, 0.1) is 5.52 Å². The quantitative estimate of drug-likeness (QED) is 0.704. The smallest absolute Gasteiger partial charge is 0.132 e. The molecule has 1 fully saturated rings. The van der Waals surface area contributed by atoms with E-state index in [2.05, 4.69) is 58.4 Å². The van der Waals surface area contributed by atoms with Crippen molar-refractivity contribution in [3.8, 4) is 0 Å². The second kappa shape index (κ2) is 7.57.